The Morgan fingerprint density at radius 3 is 2.72 bits per heavy atom. The van der Waals surface area contributed by atoms with E-state index in [9.17, 15) is 20.0 Å². The zero-order chi connectivity index (χ0) is 18.1. The first-order valence-electron chi connectivity index (χ1n) is 7.13. The van der Waals surface area contributed by atoms with E-state index >= 15 is 0 Å². The molecule has 0 aliphatic heterocycles. The SMILES string of the molecule is O=c1c2cc([N+](=O)[O-])ccc2ncn1C[C@@H](O)c1cc(Cl)ccc1Cl. The Morgan fingerprint density at radius 1 is 1.24 bits per heavy atom. The number of aliphatic hydroxyl groups excluding tert-OH is 1. The molecule has 3 aromatic rings. The Labute approximate surface area is 151 Å². The van der Waals surface area contributed by atoms with Crippen LogP contribution in [0.15, 0.2) is 47.5 Å². The maximum atomic E-state index is 12.6. The largest absolute Gasteiger partial charge is 0.386 e. The number of nitro benzene ring substituents is 1. The Morgan fingerprint density at radius 2 is 2.00 bits per heavy atom. The predicted octanol–water partition coefficient (Wildman–Crippen LogP) is 3.35. The Balaban J connectivity index is 2.01. The first-order valence-corrected chi connectivity index (χ1v) is 7.89. The fourth-order valence-electron chi connectivity index (χ4n) is 2.45. The van der Waals surface area contributed by atoms with Crippen LogP contribution < -0.4 is 5.56 Å². The normalized spacial score (nSPS) is 12.3. The van der Waals surface area contributed by atoms with Gasteiger partial charge in [0.25, 0.3) is 11.2 Å². The van der Waals surface area contributed by atoms with Crippen molar-refractivity contribution >= 4 is 39.8 Å². The lowest BCUT2D eigenvalue weighted by molar-refractivity contribution is -0.384. The number of non-ortho nitro benzene ring substituents is 1. The van der Waals surface area contributed by atoms with Crippen molar-refractivity contribution in [2.24, 2.45) is 0 Å². The molecule has 0 saturated heterocycles. The van der Waals surface area contributed by atoms with Gasteiger partial charge in [0.15, 0.2) is 0 Å². The molecule has 128 valence electrons. The fraction of sp³-hybridized carbons (Fsp3) is 0.125. The van der Waals surface area contributed by atoms with Crippen molar-refractivity contribution in [3.8, 4) is 0 Å². The quantitative estimate of drug-likeness (QED) is 0.553. The number of nitro groups is 1. The molecule has 1 atom stereocenters. The number of hydrogen-bond donors (Lipinski definition) is 1. The number of hydrogen-bond acceptors (Lipinski definition) is 5. The summed E-state index contributed by atoms with van der Waals surface area (Å²) in [5.41, 5.74) is 0.0100. The second-order valence-corrected chi connectivity index (χ2v) is 6.19. The Kier molecular flexibility index (Phi) is 4.71. The van der Waals surface area contributed by atoms with Gasteiger partial charge in [0.2, 0.25) is 0 Å². The number of rotatable bonds is 4. The molecular formula is C16H11Cl2N3O4. The second kappa shape index (κ2) is 6.79. The molecule has 0 bridgehead atoms. The number of halogens is 2. The van der Waals surface area contributed by atoms with E-state index in [2.05, 4.69) is 4.98 Å². The van der Waals surface area contributed by atoms with Gasteiger partial charge in [0.05, 0.1) is 34.8 Å². The zero-order valence-corrected chi connectivity index (χ0v) is 14.1. The number of aromatic nitrogens is 2. The van der Waals surface area contributed by atoms with Crippen LogP contribution in [-0.4, -0.2) is 19.6 Å². The van der Waals surface area contributed by atoms with Gasteiger partial charge in [0.1, 0.15) is 0 Å². The van der Waals surface area contributed by atoms with E-state index in [1.54, 1.807) is 12.1 Å². The molecule has 0 amide bonds. The minimum absolute atomic E-state index is 0.0982. The van der Waals surface area contributed by atoms with Crippen LogP contribution in [-0.2, 0) is 6.54 Å². The highest BCUT2D eigenvalue weighted by Gasteiger charge is 2.16. The van der Waals surface area contributed by atoms with E-state index in [4.69, 9.17) is 23.2 Å². The van der Waals surface area contributed by atoms with Crippen LogP contribution in [0.2, 0.25) is 10.0 Å². The molecule has 1 heterocycles. The molecule has 2 aromatic carbocycles. The van der Waals surface area contributed by atoms with E-state index in [1.807, 2.05) is 0 Å². The van der Waals surface area contributed by atoms with Crippen LogP contribution >= 0.6 is 23.2 Å². The van der Waals surface area contributed by atoms with Gasteiger partial charge in [-0.15, -0.1) is 0 Å². The summed E-state index contributed by atoms with van der Waals surface area (Å²) in [5, 5.41) is 22.1. The smallest absolute Gasteiger partial charge is 0.270 e. The standard InChI is InChI=1S/C16H11Cl2N3O4/c17-9-1-3-13(18)11(5-9)15(22)7-20-8-19-14-4-2-10(21(24)25)6-12(14)16(20)23/h1-6,8,15,22H,7H2/t15-/m1/s1. The molecule has 1 N–H and O–H groups in total. The van der Waals surface area contributed by atoms with Gasteiger partial charge >= 0.3 is 0 Å². The van der Waals surface area contributed by atoms with Crippen molar-refractivity contribution in [2.75, 3.05) is 0 Å². The molecular weight excluding hydrogens is 369 g/mol. The van der Waals surface area contributed by atoms with E-state index in [0.29, 0.717) is 21.1 Å². The van der Waals surface area contributed by atoms with Crippen LogP contribution in [0.5, 0.6) is 0 Å². The summed E-state index contributed by atoms with van der Waals surface area (Å²) < 4.78 is 1.17. The van der Waals surface area contributed by atoms with Gasteiger partial charge in [-0.25, -0.2) is 4.98 Å². The highest BCUT2D eigenvalue weighted by molar-refractivity contribution is 6.33. The summed E-state index contributed by atoms with van der Waals surface area (Å²) >= 11 is 12.0. The molecule has 0 spiro atoms. The minimum Gasteiger partial charge on any atom is -0.386 e. The van der Waals surface area contributed by atoms with E-state index in [-0.39, 0.29) is 17.6 Å². The monoisotopic (exact) mass is 379 g/mol. The Bertz CT molecular complexity index is 1040. The van der Waals surface area contributed by atoms with Gasteiger partial charge in [0, 0.05) is 27.7 Å². The van der Waals surface area contributed by atoms with Crippen molar-refractivity contribution in [3.05, 3.63) is 78.8 Å². The van der Waals surface area contributed by atoms with Gasteiger partial charge in [-0.05, 0) is 24.3 Å². The third kappa shape index (κ3) is 3.48. The average Bonchev–Trinajstić information content (AvgIpc) is 2.59. The number of nitrogens with zero attached hydrogens (tertiary/aromatic N) is 3. The lowest BCUT2D eigenvalue weighted by Crippen LogP contribution is -2.24. The van der Waals surface area contributed by atoms with Gasteiger partial charge < -0.3 is 5.11 Å². The van der Waals surface area contributed by atoms with Gasteiger partial charge in [-0.1, -0.05) is 23.2 Å². The van der Waals surface area contributed by atoms with Crippen molar-refractivity contribution in [1.29, 1.82) is 0 Å². The molecule has 0 saturated carbocycles. The zero-order valence-electron chi connectivity index (χ0n) is 12.6. The first kappa shape index (κ1) is 17.3. The number of fused-ring (bicyclic) bond motifs is 1. The molecule has 0 unspecified atom stereocenters. The van der Waals surface area contributed by atoms with Crippen LogP contribution in [0.1, 0.15) is 11.7 Å². The third-order valence-corrected chi connectivity index (χ3v) is 4.28. The van der Waals surface area contributed by atoms with E-state index in [0.717, 1.165) is 0 Å². The molecule has 0 aliphatic carbocycles. The lowest BCUT2D eigenvalue weighted by Gasteiger charge is -2.15. The maximum Gasteiger partial charge on any atom is 0.270 e. The Hall–Kier alpha value is -2.48. The molecule has 0 fully saturated rings. The summed E-state index contributed by atoms with van der Waals surface area (Å²) in [6, 6.07) is 8.50. The summed E-state index contributed by atoms with van der Waals surface area (Å²) in [6.07, 6.45) is 0.180. The maximum absolute atomic E-state index is 12.6. The van der Waals surface area contributed by atoms with Crippen molar-refractivity contribution < 1.29 is 10.0 Å². The lowest BCUT2D eigenvalue weighted by atomic mass is 10.1. The molecule has 9 heteroatoms. The summed E-state index contributed by atoms with van der Waals surface area (Å²) in [7, 11) is 0. The topological polar surface area (TPSA) is 98.3 Å². The molecule has 1 aromatic heterocycles. The summed E-state index contributed by atoms with van der Waals surface area (Å²) in [6.45, 7) is -0.121. The van der Waals surface area contributed by atoms with Gasteiger partial charge in [-0.2, -0.15) is 0 Å². The predicted molar refractivity (Wildman–Crippen MR) is 94.1 cm³/mol. The molecule has 25 heavy (non-hydrogen) atoms. The fourth-order valence-corrected chi connectivity index (χ4v) is 2.87. The third-order valence-electron chi connectivity index (χ3n) is 3.71. The summed E-state index contributed by atoms with van der Waals surface area (Å²) in [4.78, 5) is 26.9. The van der Waals surface area contributed by atoms with Crippen LogP contribution in [0.25, 0.3) is 10.9 Å². The highest BCUT2D eigenvalue weighted by atomic mass is 35.5. The first-order chi connectivity index (χ1) is 11.9. The highest BCUT2D eigenvalue weighted by Crippen LogP contribution is 2.27. The number of benzene rings is 2. The van der Waals surface area contributed by atoms with Gasteiger partial charge in [-0.3, -0.25) is 19.5 Å². The molecule has 7 nitrogen and oxygen atoms in total. The van der Waals surface area contributed by atoms with E-state index < -0.39 is 16.6 Å². The van der Waals surface area contributed by atoms with Crippen LogP contribution in [0.3, 0.4) is 0 Å². The minimum atomic E-state index is -1.10. The molecule has 0 radical (unpaired) electrons. The van der Waals surface area contributed by atoms with E-state index in [1.165, 1.54) is 35.2 Å². The van der Waals surface area contributed by atoms with Crippen molar-refractivity contribution in [2.45, 2.75) is 12.6 Å². The van der Waals surface area contributed by atoms with Crippen molar-refractivity contribution in [3.63, 3.8) is 0 Å². The average molecular weight is 380 g/mol. The number of aliphatic hydroxyl groups is 1. The van der Waals surface area contributed by atoms with Crippen LogP contribution in [0.4, 0.5) is 5.69 Å². The van der Waals surface area contributed by atoms with Crippen LogP contribution in [0, 0.1) is 10.1 Å². The second-order valence-electron chi connectivity index (χ2n) is 5.34. The van der Waals surface area contributed by atoms with Crippen molar-refractivity contribution in [1.82, 2.24) is 9.55 Å². The molecule has 0 aliphatic rings. The summed E-state index contributed by atoms with van der Waals surface area (Å²) in [5.74, 6) is 0. The molecule has 3 rings (SSSR count).